The fourth-order valence-corrected chi connectivity index (χ4v) is 1.56. The van der Waals surface area contributed by atoms with Crippen molar-refractivity contribution in [3.8, 4) is 5.69 Å². The van der Waals surface area contributed by atoms with Gasteiger partial charge in [0, 0.05) is 18.6 Å². The Kier molecular flexibility index (Phi) is 2.78. The molecule has 0 aliphatic carbocycles. The molecule has 0 atom stereocenters. The third-order valence-corrected chi connectivity index (χ3v) is 2.32. The number of aromatic nitrogens is 3. The zero-order chi connectivity index (χ0) is 10.7. The SMILES string of the molecule is Cc1nccn1-c1cncc(CCN)c1. The van der Waals surface area contributed by atoms with E-state index in [-0.39, 0.29) is 0 Å². The Morgan fingerprint density at radius 1 is 1.40 bits per heavy atom. The second kappa shape index (κ2) is 4.23. The van der Waals surface area contributed by atoms with E-state index in [0.29, 0.717) is 6.54 Å². The van der Waals surface area contributed by atoms with Crippen LogP contribution in [0, 0.1) is 6.92 Å². The summed E-state index contributed by atoms with van der Waals surface area (Å²) in [6.07, 6.45) is 8.25. The summed E-state index contributed by atoms with van der Waals surface area (Å²) in [7, 11) is 0. The second-order valence-corrected chi connectivity index (χ2v) is 3.43. The van der Waals surface area contributed by atoms with Gasteiger partial charge < -0.3 is 10.3 Å². The molecule has 15 heavy (non-hydrogen) atoms. The van der Waals surface area contributed by atoms with Crippen LogP contribution in [0.3, 0.4) is 0 Å². The van der Waals surface area contributed by atoms with Crippen molar-refractivity contribution in [3.05, 3.63) is 42.2 Å². The maximum atomic E-state index is 5.51. The molecule has 0 spiro atoms. The highest BCUT2D eigenvalue weighted by molar-refractivity contribution is 5.33. The third-order valence-electron chi connectivity index (χ3n) is 2.32. The van der Waals surface area contributed by atoms with Gasteiger partial charge in [-0.1, -0.05) is 0 Å². The molecule has 0 unspecified atom stereocenters. The number of aryl methyl sites for hydroxylation is 1. The molecule has 2 heterocycles. The number of nitrogens with two attached hydrogens (primary N) is 1. The summed E-state index contributed by atoms with van der Waals surface area (Å²) in [5, 5.41) is 0. The molecular formula is C11H14N4. The van der Waals surface area contributed by atoms with E-state index in [4.69, 9.17) is 5.73 Å². The van der Waals surface area contributed by atoms with Crippen molar-refractivity contribution >= 4 is 0 Å². The van der Waals surface area contributed by atoms with Gasteiger partial charge in [0.05, 0.1) is 11.9 Å². The molecule has 0 amide bonds. The van der Waals surface area contributed by atoms with Crippen LogP contribution in [-0.2, 0) is 6.42 Å². The number of nitrogens with zero attached hydrogens (tertiary/aromatic N) is 3. The van der Waals surface area contributed by atoms with Crippen LogP contribution in [0.4, 0.5) is 0 Å². The molecule has 0 aliphatic heterocycles. The van der Waals surface area contributed by atoms with E-state index >= 15 is 0 Å². The van der Waals surface area contributed by atoms with Crippen molar-refractivity contribution in [3.63, 3.8) is 0 Å². The van der Waals surface area contributed by atoms with Gasteiger partial charge in [-0.05, 0) is 31.5 Å². The summed E-state index contributed by atoms with van der Waals surface area (Å²) >= 11 is 0. The zero-order valence-electron chi connectivity index (χ0n) is 8.72. The average Bonchev–Trinajstić information content (AvgIpc) is 2.65. The Morgan fingerprint density at radius 2 is 2.27 bits per heavy atom. The molecule has 0 saturated heterocycles. The fourth-order valence-electron chi connectivity index (χ4n) is 1.56. The molecule has 4 nitrogen and oxygen atoms in total. The predicted molar refractivity (Wildman–Crippen MR) is 58.9 cm³/mol. The van der Waals surface area contributed by atoms with Crippen LogP contribution in [0.15, 0.2) is 30.9 Å². The lowest BCUT2D eigenvalue weighted by molar-refractivity contribution is 0.928. The fraction of sp³-hybridized carbons (Fsp3) is 0.273. The van der Waals surface area contributed by atoms with Crippen molar-refractivity contribution in [2.24, 2.45) is 5.73 Å². The molecule has 0 radical (unpaired) electrons. The summed E-state index contributed by atoms with van der Waals surface area (Å²) < 4.78 is 2.01. The lowest BCUT2D eigenvalue weighted by atomic mass is 10.2. The maximum absolute atomic E-state index is 5.51. The number of pyridine rings is 1. The van der Waals surface area contributed by atoms with Crippen LogP contribution in [0.5, 0.6) is 0 Å². The van der Waals surface area contributed by atoms with E-state index in [9.17, 15) is 0 Å². The third kappa shape index (κ3) is 2.05. The molecule has 2 rings (SSSR count). The monoisotopic (exact) mass is 202 g/mol. The maximum Gasteiger partial charge on any atom is 0.110 e. The van der Waals surface area contributed by atoms with E-state index in [1.54, 1.807) is 6.20 Å². The molecule has 2 N–H and O–H groups in total. The molecule has 0 saturated carbocycles. The van der Waals surface area contributed by atoms with Gasteiger partial charge in [-0.15, -0.1) is 0 Å². The first-order chi connectivity index (χ1) is 7.31. The summed E-state index contributed by atoms with van der Waals surface area (Å²) in [4.78, 5) is 8.38. The molecule has 0 bridgehead atoms. The normalized spacial score (nSPS) is 10.5. The Hall–Kier alpha value is -1.68. The Labute approximate surface area is 88.8 Å². The molecule has 2 aromatic heterocycles. The average molecular weight is 202 g/mol. The van der Waals surface area contributed by atoms with Crippen molar-refractivity contribution in [1.29, 1.82) is 0 Å². The van der Waals surface area contributed by atoms with Gasteiger partial charge >= 0.3 is 0 Å². The van der Waals surface area contributed by atoms with E-state index in [1.807, 2.05) is 30.1 Å². The number of rotatable bonds is 3. The standard InChI is InChI=1S/C11H14N4/c1-9-14-4-5-15(9)11-6-10(2-3-12)7-13-8-11/h4-8H,2-3,12H2,1H3. The molecule has 0 aliphatic rings. The van der Waals surface area contributed by atoms with Crippen LogP contribution in [0.2, 0.25) is 0 Å². The zero-order valence-corrected chi connectivity index (χ0v) is 8.72. The Bertz CT molecular complexity index is 447. The van der Waals surface area contributed by atoms with Gasteiger partial charge in [0.2, 0.25) is 0 Å². The summed E-state index contributed by atoms with van der Waals surface area (Å²) in [5.74, 6) is 0.960. The van der Waals surface area contributed by atoms with E-state index in [1.165, 1.54) is 0 Å². The smallest absolute Gasteiger partial charge is 0.110 e. The number of hydrogen-bond acceptors (Lipinski definition) is 3. The molecule has 78 valence electrons. The van der Waals surface area contributed by atoms with Crippen molar-refractivity contribution in [2.45, 2.75) is 13.3 Å². The highest BCUT2D eigenvalue weighted by Crippen LogP contribution is 2.10. The first-order valence-electron chi connectivity index (χ1n) is 4.95. The summed E-state index contributed by atoms with van der Waals surface area (Å²) in [5.41, 5.74) is 7.71. The first-order valence-corrected chi connectivity index (χ1v) is 4.95. The molecule has 0 fully saturated rings. The highest BCUT2D eigenvalue weighted by Gasteiger charge is 2.01. The Balaban J connectivity index is 2.37. The quantitative estimate of drug-likeness (QED) is 0.810. The van der Waals surface area contributed by atoms with Crippen molar-refractivity contribution < 1.29 is 0 Å². The topological polar surface area (TPSA) is 56.7 Å². The second-order valence-electron chi connectivity index (χ2n) is 3.43. The van der Waals surface area contributed by atoms with Crippen LogP contribution in [0.25, 0.3) is 5.69 Å². The molecule has 2 aromatic rings. The minimum atomic E-state index is 0.647. The van der Waals surface area contributed by atoms with Gasteiger partial charge in [-0.2, -0.15) is 0 Å². The number of imidazole rings is 1. The largest absolute Gasteiger partial charge is 0.330 e. The minimum absolute atomic E-state index is 0.647. The molecule has 0 aromatic carbocycles. The molecule has 4 heteroatoms. The predicted octanol–water partition coefficient (Wildman–Crippen LogP) is 1.08. The number of hydrogen-bond donors (Lipinski definition) is 1. The van der Waals surface area contributed by atoms with Crippen LogP contribution in [-0.4, -0.2) is 21.1 Å². The summed E-state index contributed by atoms with van der Waals surface area (Å²) in [6, 6.07) is 2.09. The van der Waals surface area contributed by atoms with Gasteiger partial charge in [-0.25, -0.2) is 4.98 Å². The van der Waals surface area contributed by atoms with Crippen molar-refractivity contribution in [1.82, 2.24) is 14.5 Å². The van der Waals surface area contributed by atoms with E-state index in [2.05, 4.69) is 16.0 Å². The van der Waals surface area contributed by atoms with Crippen LogP contribution < -0.4 is 5.73 Å². The molecular weight excluding hydrogens is 188 g/mol. The highest BCUT2D eigenvalue weighted by atomic mass is 15.1. The lowest BCUT2D eigenvalue weighted by Crippen LogP contribution is -2.04. The van der Waals surface area contributed by atoms with Gasteiger partial charge in [0.25, 0.3) is 0 Å². The van der Waals surface area contributed by atoms with Gasteiger partial charge in [-0.3, -0.25) is 4.98 Å². The van der Waals surface area contributed by atoms with E-state index < -0.39 is 0 Å². The minimum Gasteiger partial charge on any atom is -0.330 e. The van der Waals surface area contributed by atoms with Crippen LogP contribution in [0.1, 0.15) is 11.4 Å². The van der Waals surface area contributed by atoms with Gasteiger partial charge in [0.15, 0.2) is 0 Å². The Morgan fingerprint density at radius 3 is 2.93 bits per heavy atom. The van der Waals surface area contributed by atoms with Crippen molar-refractivity contribution in [2.75, 3.05) is 6.54 Å². The van der Waals surface area contributed by atoms with Crippen LogP contribution >= 0.6 is 0 Å². The van der Waals surface area contributed by atoms with E-state index in [0.717, 1.165) is 23.5 Å². The summed E-state index contributed by atoms with van der Waals surface area (Å²) in [6.45, 7) is 2.61. The first kappa shape index (κ1) is 9.86. The lowest BCUT2D eigenvalue weighted by Gasteiger charge is -2.06. The van der Waals surface area contributed by atoms with Gasteiger partial charge in [0.1, 0.15) is 5.82 Å².